The van der Waals surface area contributed by atoms with Crippen molar-refractivity contribution in [3.63, 3.8) is 0 Å². The van der Waals surface area contributed by atoms with Crippen molar-refractivity contribution in [3.8, 4) is 17.1 Å². The zero-order valence-electron chi connectivity index (χ0n) is 21.8. The summed E-state index contributed by atoms with van der Waals surface area (Å²) in [6, 6.07) is 24.3. The average molecular weight is 562 g/mol. The number of rotatable bonds is 11. The van der Waals surface area contributed by atoms with Gasteiger partial charge in [-0.3, -0.25) is 9.10 Å². The van der Waals surface area contributed by atoms with Gasteiger partial charge in [0.05, 0.1) is 36.1 Å². The fourth-order valence-corrected chi connectivity index (χ4v) is 5.10. The molecule has 0 saturated carbocycles. The zero-order chi connectivity index (χ0) is 28.5. The van der Waals surface area contributed by atoms with Gasteiger partial charge in [-0.1, -0.05) is 30.3 Å². The Balaban J connectivity index is 1.44. The molecule has 0 unspecified atom stereocenters. The maximum absolute atomic E-state index is 13.4. The van der Waals surface area contributed by atoms with E-state index in [9.17, 15) is 18.0 Å². The Morgan fingerprint density at radius 1 is 0.950 bits per heavy atom. The van der Waals surface area contributed by atoms with E-state index in [2.05, 4.69) is 10.5 Å². The van der Waals surface area contributed by atoms with Crippen LogP contribution in [0, 0.1) is 0 Å². The molecule has 0 aliphatic heterocycles. The monoisotopic (exact) mass is 561 g/mol. The lowest BCUT2D eigenvalue weighted by atomic mass is 10.1. The van der Waals surface area contributed by atoms with E-state index in [4.69, 9.17) is 13.9 Å². The molecule has 1 heterocycles. The van der Waals surface area contributed by atoms with Crippen molar-refractivity contribution in [1.82, 2.24) is 5.43 Å². The molecule has 0 spiro atoms. The summed E-state index contributed by atoms with van der Waals surface area (Å²) in [4.78, 5) is 24.6. The van der Waals surface area contributed by atoms with Crippen molar-refractivity contribution in [1.29, 1.82) is 0 Å². The van der Waals surface area contributed by atoms with E-state index in [0.29, 0.717) is 35.1 Å². The number of benzene rings is 3. The average Bonchev–Trinajstić information content (AvgIpc) is 3.45. The number of hydrogen-bond donors (Lipinski definition) is 1. The molecule has 1 amide bonds. The molecule has 0 fully saturated rings. The van der Waals surface area contributed by atoms with Gasteiger partial charge >= 0.3 is 5.97 Å². The van der Waals surface area contributed by atoms with Crippen molar-refractivity contribution in [2.24, 2.45) is 5.10 Å². The number of ether oxygens (including phenoxy) is 2. The van der Waals surface area contributed by atoms with Crippen LogP contribution in [-0.4, -0.2) is 46.8 Å². The van der Waals surface area contributed by atoms with Gasteiger partial charge in [-0.15, -0.1) is 0 Å². The summed E-state index contributed by atoms with van der Waals surface area (Å²) in [7, 11) is -2.59. The molecule has 11 heteroatoms. The standard InChI is InChI=1S/C29H27N3O7S/c1-3-38-29(34)22-11-9-21(10-12-22)27-18-15-25(39-27)19-30-31-28(33)20-32(23-7-5-4-6-8-23)40(35,36)26-16-13-24(37-2)14-17-26/h4-19H,3,20H2,1-2H3,(H,31,33)/b30-19-. The van der Waals surface area contributed by atoms with Crippen LogP contribution in [0.15, 0.2) is 105 Å². The first-order valence-electron chi connectivity index (χ1n) is 12.2. The van der Waals surface area contributed by atoms with Crippen LogP contribution in [-0.2, 0) is 19.6 Å². The lowest BCUT2D eigenvalue weighted by molar-refractivity contribution is -0.119. The van der Waals surface area contributed by atoms with Crippen LogP contribution in [0.5, 0.6) is 5.75 Å². The molecule has 4 aromatic rings. The molecule has 0 bridgehead atoms. The molecule has 0 radical (unpaired) electrons. The number of nitrogens with one attached hydrogen (secondary N) is 1. The highest BCUT2D eigenvalue weighted by Crippen LogP contribution is 2.25. The number of methoxy groups -OCH3 is 1. The Hall–Kier alpha value is -4.90. The van der Waals surface area contributed by atoms with Gasteiger partial charge in [-0.05, 0) is 67.6 Å². The summed E-state index contributed by atoms with van der Waals surface area (Å²) in [5, 5.41) is 3.91. The second kappa shape index (κ2) is 12.8. The normalized spacial score (nSPS) is 11.2. The minimum atomic E-state index is -4.07. The number of para-hydroxylation sites is 1. The third kappa shape index (κ3) is 6.75. The summed E-state index contributed by atoms with van der Waals surface area (Å²) in [5.74, 6) is 0.338. The first-order chi connectivity index (χ1) is 19.3. The molecule has 0 saturated heterocycles. The number of sulfonamides is 1. The minimum Gasteiger partial charge on any atom is -0.497 e. The summed E-state index contributed by atoms with van der Waals surface area (Å²) in [6.07, 6.45) is 1.30. The smallest absolute Gasteiger partial charge is 0.338 e. The van der Waals surface area contributed by atoms with E-state index < -0.39 is 28.4 Å². The van der Waals surface area contributed by atoms with Crippen molar-refractivity contribution >= 4 is 33.8 Å². The van der Waals surface area contributed by atoms with Gasteiger partial charge < -0.3 is 13.9 Å². The highest BCUT2D eigenvalue weighted by Gasteiger charge is 2.27. The number of furan rings is 1. The quantitative estimate of drug-likeness (QED) is 0.163. The largest absolute Gasteiger partial charge is 0.497 e. The van der Waals surface area contributed by atoms with Crippen molar-refractivity contribution in [3.05, 3.63) is 102 Å². The molecule has 1 aromatic heterocycles. The van der Waals surface area contributed by atoms with Crippen LogP contribution < -0.4 is 14.5 Å². The van der Waals surface area contributed by atoms with Gasteiger partial charge in [0, 0.05) is 5.56 Å². The van der Waals surface area contributed by atoms with E-state index in [1.807, 2.05) is 0 Å². The number of amides is 1. The van der Waals surface area contributed by atoms with E-state index in [-0.39, 0.29) is 4.90 Å². The van der Waals surface area contributed by atoms with Crippen LogP contribution in [0.25, 0.3) is 11.3 Å². The summed E-state index contributed by atoms with van der Waals surface area (Å²) < 4.78 is 43.7. The topological polar surface area (TPSA) is 128 Å². The fourth-order valence-electron chi connectivity index (χ4n) is 3.68. The van der Waals surface area contributed by atoms with Crippen LogP contribution in [0.3, 0.4) is 0 Å². The number of carbonyl (C=O) groups is 2. The summed E-state index contributed by atoms with van der Waals surface area (Å²) >= 11 is 0. The van der Waals surface area contributed by atoms with Crippen LogP contribution >= 0.6 is 0 Å². The third-order valence-corrected chi connectivity index (χ3v) is 7.46. The third-order valence-electron chi connectivity index (χ3n) is 5.67. The maximum atomic E-state index is 13.4. The Morgan fingerprint density at radius 2 is 1.65 bits per heavy atom. The van der Waals surface area contributed by atoms with Gasteiger partial charge in [-0.25, -0.2) is 18.6 Å². The van der Waals surface area contributed by atoms with Crippen molar-refractivity contribution in [2.75, 3.05) is 24.6 Å². The second-order valence-corrected chi connectivity index (χ2v) is 10.2. The molecule has 0 aliphatic carbocycles. The van der Waals surface area contributed by atoms with Crippen molar-refractivity contribution in [2.45, 2.75) is 11.8 Å². The molecular formula is C29H27N3O7S. The van der Waals surface area contributed by atoms with Crippen LogP contribution in [0.2, 0.25) is 0 Å². The predicted molar refractivity (Wildman–Crippen MR) is 150 cm³/mol. The zero-order valence-corrected chi connectivity index (χ0v) is 22.6. The van der Waals surface area contributed by atoms with Crippen molar-refractivity contribution < 1.29 is 31.9 Å². The Bertz CT molecular complexity index is 1580. The van der Waals surface area contributed by atoms with E-state index >= 15 is 0 Å². The van der Waals surface area contributed by atoms with Crippen LogP contribution in [0.1, 0.15) is 23.0 Å². The molecule has 0 aliphatic rings. The van der Waals surface area contributed by atoms with E-state index in [1.165, 1.54) is 37.6 Å². The number of esters is 1. The SMILES string of the molecule is CCOC(=O)c1ccc(-c2ccc(/C=N\NC(=O)CN(c3ccccc3)S(=O)(=O)c3ccc(OC)cc3)o2)cc1. The lowest BCUT2D eigenvalue weighted by Crippen LogP contribution is -2.39. The molecule has 1 N–H and O–H groups in total. The predicted octanol–water partition coefficient (Wildman–Crippen LogP) is 4.48. The number of anilines is 1. The number of hydrogen-bond acceptors (Lipinski definition) is 8. The second-order valence-electron chi connectivity index (χ2n) is 8.32. The number of carbonyl (C=O) groups excluding carboxylic acids is 2. The Kier molecular flexibility index (Phi) is 8.97. The van der Waals surface area contributed by atoms with Gasteiger partial charge in [0.25, 0.3) is 15.9 Å². The van der Waals surface area contributed by atoms with Gasteiger partial charge in [0.15, 0.2) is 0 Å². The van der Waals surface area contributed by atoms with E-state index in [1.54, 1.807) is 73.7 Å². The molecule has 206 valence electrons. The highest BCUT2D eigenvalue weighted by molar-refractivity contribution is 7.92. The van der Waals surface area contributed by atoms with E-state index in [0.717, 1.165) is 9.87 Å². The van der Waals surface area contributed by atoms with Gasteiger partial charge in [0.2, 0.25) is 0 Å². The number of hydrazone groups is 1. The first-order valence-corrected chi connectivity index (χ1v) is 13.7. The lowest BCUT2D eigenvalue weighted by Gasteiger charge is -2.23. The fraction of sp³-hybridized carbons (Fsp3) is 0.138. The first kappa shape index (κ1) is 28.1. The molecule has 40 heavy (non-hydrogen) atoms. The summed E-state index contributed by atoms with van der Waals surface area (Å²) in [5.41, 5.74) is 3.83. The van der Waals surface area contributed by atoms with Gasteiger partial charge in [-0.2, -0.15) is 5.10 Å². The number of nitrogens with zero attached hydrogens (tertiary/aromatic N) is 2. The van der Waals surface area contributed by atoms with Gasteiger partial charge in [0.1, 0.15) is 23.8 Å². The Labute approximate surface area is 231 Å². The molecule has 3 aromatic carbocycles. The summed E-state index contributed by atoms with van der Waals surface area (Å²) in [6.45, 7) is 1.52. The maximum Gasteiger partial charge on any atom is 0.338 e. The Morgan fingerprint density at radius 3 is 2.30 bits per heavy atom. The molecular weight excluding hydrogens is 534 g/mol. The van der Waals surface area contributed by atoms with Crippen LogP contribution in [0.4, 0.5) is 5.69 Å². The minimum absolute atomic E-state index is 0.00635. The molecule has 4 rings (SSSR count). The highest BCUT2D eigenvalue weighted by atomic mass is 32.2. The molecule has 0 atom stereocenters. The molecule has 10 nitrogen and oxygen atoms in total.